The van der Waals surface area contributed by atoms with Crippen molar-refractivity contribution < 1.29 is 9.18 Å². The predicted octanol–water partition coefficient (Wildman–Crippen LogP) is 2.62. The Hall–Kier alpha value is -2.15. The van der Waals surface area contributed by atoms with Crippen LogP contribution >= 0.6 is 15.9 Å². The number of nitrogens with zero attached hydrogens (tertiary/aromatic N) is 1. The molecule has 120 valence electrons. The van der Waals surface area contributed by atoms with E-state index in [2.05, 4.69) is 26.6 Å². The molecule has 3 rings (SSSR count). The fourth-order valence-corrected chi connectivity index (χ4v) is 3.12. The monoisotopic (exact) mass is 379 g/mol. The van der Waals surface area contributed by atoms with Gasteiger partial charge in [0.2, 0.25) is 0 Å². The maximum Gasteiger partial charge on any atom is 0.255 e. The van der Waals surface area contributed by atoms with Crippen LogP contribution < -0.4 is 16.2 Å². The molecule has 1 amide bonds. The number of rotatable bonds is 2. The third-order valence-corrected chi connectivity index (χ3v) is 4.52. The smallest absolute Gasteiger partial charge is 0.255 e. The summed E-state index contributed by atoms with van der Waals surface area (Å²) in [7, 11) is 1.57. The lowest BCUT2D eigenvalue weighted by atomic mass is 9.96. The molecule has 1 aromatic carbocycles. The van der Waals surface area contributed by atoms with Crippen molar-refractivity contribution in [2.45, 2.75) is 13.3 Å². The summed E-state index contributed by atoms with van der Waals surface area (Å²) in [4.78, 5) is 24.7. The van der Waals surface area contributed by atoms with Gasteiger partial charge in [0, 0.05) is 23.6 Å². The van der Waals surface area contributed by atoms with Crippen LogP contribution in [0.25, 0.3) is 0 Å². The number of hydrogen-bond acceptors (Lipinski definition) is 3. The summed E-state index contributed by atoms with van der Waals surface area (Å²) in [6.07, 6.45) is 0.584. The van der Waals surface area contributed by atoms with E-state index in [-0.39, 0.29) is 17.2 Å². The van der Waals surface area contributed by atoms with Crippen molar-refractivity contribution in [3.8, 4) is 0 Å². The van der Waals surface area contributed by atoms with Gasteiger partial charge in [0.25, 0.3) is 11.5 Å². The van der Waals surface area contributed by atoms with Crippen molar-refractivity contribution in [2.75, 3.05) is 11.9 Å². The third-order valence-electron chi connectivity index (χ3n) is 4.02. The Morgan fingerprint density at radius 1 is 1.35 bits per heavy atom. The Labute approximate surface area is 140 Å². The van der Waals surface area contributed by atoms with Crippen molar-refractivity contribution in [1.82, 2.24) is 9.88 Å². The van der Waals surface area contributed by atoms with Gasteiger partial charge in [-0.15, -0.1) is 0 Å². The first kappa shape index (κ1) is 15.7. The lowest BCUT2D eigenvalue weighted by Gasteiger charge is -2.24. The van der Waals surface area contributed by atoms with Gasteiger partial charge >= 0.3 is 0 Å². The molecule has 2 aromatic rings. The van der Waals surface area contributed by atoms with E-state index >= 15 is 0 Å². The molecule has 23 heavy (non-hydrogen) atoms. The molecule has 0 atom stereocenters. The molecule has 0 saturated carbocycles. The van der Waals surface area contributed by atoms with E-state index in [1.807, 2.05) is 0 Å². The number of pyridine rings is 1. The van der Waals surface area contributed by atoms with Crippen LogP contribution in [0.15, 0.2) is 27.5 Å². The van der Waals surface area contributed by atoms with Gasteiger partial charge in [-0.1, -0.05) is 15.9 Å². The summed E-state index contributed by atoms with van der Waals surface area (Å²) in [5.41, 5.74) is 1.68. The molecule has 0 saturated heterocycles. The highest BCUT2D eigenvalue weighted by Gasteiger charge is 2.26. The molecule has 1 aromatic heterocycles. The van der Waals surface area contributed by atoms with Crippen LogP contribution in [0.5, 0.6) is 0 Å². The minimum atomic E-state index is -0.475. The van der Waals surface area contributed by atoms with Crippen LogP contribution in [0.1, 0.15) is 21.5 Å². The lowest BCUT2D eigenvalue weighted by molar-refractivity contribution is 0.0946. The van der Waals surface area contributed by atoms with Gasteiger partial charge in [0.05, 0.1) is 11.3 Å². The van der Waals surface area contributed by atoms with Crippen molar-refractivity contribution in [3.05, 3.63) is 55.5 Å². The highest BCUT2D eigenvalue weighted by atomic mass is 79.9. The van der Waals surface area contributed by atoms with E-state index in [4.69, 9.17) is 0 Å². The number of carbonyl (C=O) groups is 1. The Morgan fingerprint density at radius 2 is 2.09 bits per heavy atom. The second kappa shape index (κ2) is 5.81. The Morgan fingerprint density at radius 3 is 2.78 bits per heavy atom. The average Bonchev–Trinajstić information content (AvgIpc) is 2.51. The summed E-state index contributed by atoms with van der Waals surface area (Å²) < 4.78 is 16.1. The van der Waals surface area contributed by atoms with Crippen molar-refractivity contribution >= 4 is 33.3 Å². The number of hydrogen-bond donors (Lipinski definition) is 2. The van der Waals surface area contributed by atoms with Gasteiger partial charge in [-0.2, -0.15) is 0 Å². The van der Waals surface area contributed by atoms with E-state index < -0.39 is 5.82 Å². The van der Waals surface area contributed by atoms with E-state index in [0.717, 1.165) is 5.56 Å². The highest BCUT2D eigenvalue weighted by Crippen LogP contribution is 2.28. The van der Waals surface area contributed by atoms with Gasteiger partial charge in [-0.05, 0) is 37.1 Å². The molecular weight excluding hydrogens is 365 g/mol. The van der Waals surface area contributed by atoms with Crippen LogP contribution in [-0.4, -0.2) is 17.0 Å². The van der Waals surface area contributed by atoms with Crippen molar-refractivity contribution in [3.63, 3.8) is 0 Å². The molecular formula is C16H15BrFN3O2. The lowest BCUT2D eigenvalue weighted by Crippen LogP contribution is -2.37. The minimum Gasteiger partial charge on any atom is -0.352 e. The number of benzene rings is 1. The molecule has 0 bridgehead atoms. The molecule has 1 aliphatic heterocycles. The standard InChI is InChI=1S/C16H15BrFN3O2/c1-8-10-5-6-19-15(22)13(10)14(21(2)16(8)23)20-12-4-3-9(17)7-11(12)18/h3-4,7,20H,5-6H2,1-2H3,(H,19,22). The number of amides is 1. The summed E-state index contributed by atoms with van der Waals surface area (Å²) in [5.74, 6) is -0.434. The summed E-state index contributed by atoms with van der Waals surface area (Å²) in [6, 6.07) is 4.56. The largest absolute Gasteiger partial charge is 0.352 e. The molecule has 1 aliphatic rings. The molecule has 0 spiro atoms. The van der Waals surface area contributed by atoms with Crippen LogP contribution in [0.4, 0.5) is 15.9 Å². The molecule has 0 unspecified atom stereocenters. The quantitative estimate of drug-likeness (QED) is 0.842. The molecule has 5 nitrogen and oxygen atoms in total. The molecule has 2 heterocycles. The number of anilines is 2. The number of aromatic nitrogens is 1. The first-order chi connectivity index (χ1) is 10.9. The predicted molar refractivity (Wildman–Crippen MR) is 89.8 cm³/mol. The minimum absolute atomic E-state index is 0.196. The Bertz CT molecular complexity index is 877. The maximum atomic E-state index is 14.1. The van der Waals surface area contributed by atoms with E-state index in [1.165, 1.54) is 10.6 Å². The van der Waals surface area contributed by atoms with E-state index in [0.29, 0.717) is 34.4 Å². The maximum absolute atomic E-state index is 14.1. The summed E-state index contributed by atoms with van der Waals surface area (Å²) in [6.45, 7) is 2.20. The number of fused-ring (bicyclic) bond motifs is 1. The molecule has 0 radical (unpaired) electrons. The topological polar surface area (TPSA) is 63.1 Å². The second-order valence-electron chi connectivity index (χ2n) is 5.45. The zero-order chi connectivity index (χ0) is 16.7. The molecule has 0 aliphatic carbocycles. The van der Waals surface area contributed by atoms with Crippen LogP contribution in [0, 0.1) is 12.7 Å². The molecule has 7 heteroatoms. The van der Waals surface area contributed by atoms with Gasteiger partial charge < -0.3 is 10.6 Å². The Balaban J connectivity index is 2.21. The highest BCUT2D eigenvalue weighted by molar-refractivity contribution is 9.10. The van der Waals surface area contributed by atoms with Crippen molar-refractivity contribution in [1.29, 1.82) is 0 Å². The second-order valence-corrected chi connectivity index (χ2v) is 6.36. The van der Waals surface area contributed by atoms with Gasteiger partial charge in [-0.25, -0.2) is 4.39 Å². The van der Waals surface area contributed by atoms with Crippen LogP contribution in [-0.2, 0) is 13.5 Å². The fraction of sp³-hybridized carbons (Fsp3) is 0.250. The van der Waals surface area contributed by atoms with Crippen LogP contribution in [0.3, 0.4) is 0 Å². The normalized spacial score (nSPS) is 13.5. The zero-order valence-corrected chi connectivity index (χ0v) is 14.3. The number of halogens is 2. The average molecular weight is 380 g/mol. The third kappa shape index (κ3) is 2.65. The van der Waals surface area contributed by atoms with Gasteiger partial charge in [0.15, 0.2) is 0 Å². The van der Waals surface area contributed by atoms with Gasteiger partial charge in [-0.3, -0.25) is 14.2 Å². The molecule has 0 fully saturated rings. The van der Waals surface area contributed by atoms with Gasteiger partial charge in [0.1, 0.15) is 11.6 Å². The number of nitrogens with one attached hydrogen (secondary N) is 2. The summed E-state index contributed by atoms with van der Waals surface area (Å²) >= 11 is 3.20. The summed E-state index contributed by atoms with van der Waals surface area (Å²) in [5, 5.41) is 5.67. The SMILES string of the molecule is Cc1c2c(c(Nc3ccc(Br)cc3F)n(C)c1=O)C(=O)NCC2. The number of carbonyl (C=O) groups excluding carboxylic acids is 1. The van der Waals surface area contributed by atoms with E-state index in [1.54, 1.807) is 26.1 Å². The molecule has 2 N–H and O–H groups in total. The van der Waals surface area contributed by atoms with Crippen molar-refractivity contribution in [2.24, 2.45) is 7.05 Å². The fourth-order valence-electron chi connectivity index (χ4n) is 2.79. The first-order valence-corrected chi connectivity index (χ1v) is 7.92. The van der Waals surface area contributed by atoms with E-state index in [9.17, 15) is 14.0 Å². The first-order valence-electron chi connectivity index (χ1n) is 7.13. The van der Waals surface area contributed by atoms with Crippen LogP contribution in [0.2, 0.25) is 0 Å². The zero-order valence-electron chi connectivity index (χ0n) is 12.7. The Kier molecular flexibility index (Phi) is 3.97.